The van der Waals surface area contributed by atoms with E-state index in [4.69, 9.17) is 0 Å². The lowest BCUT2D eigenvalue weighted by atomic mass is 10.2. The van der Waals surface area contributed by atoms with E-state index in [9.17, 15) is 0 Å². The highest BCUT2D eigenvalue weighted by atomic mass is 32.1. The molecule has 0 aliphatic rings. The zero-order valence-electron chi connectivity index (χ0n) is 11.2. The van der Waals surface area contributed by atoms with Crippen LogP contribution in [0.25, 0.3) is 10.7 Å². The predicted molar refractivity (Wildman–Crippen MR) is 76.8 cm³/mol. The van der Waals surface area contributed by atoms with Gasteiger partial charge >= 0.3 is 0 Å². The first-order valence-electron chi connectivity index (χ1n) is 6.29. The van der Waals surface area contributed by atoms with Crippen molar-refractivity contribution >= 4 is 11.3 Å². The van der Waals surface area contributed by atoms with Crippen molar-refractivity contribution in [2.75, 3.05) is 6.54 Å². The molecule has 0 aliphatic heterocycles. The summed E-state index contributed by atoms with van der Waals surface area (Å²) in [6.45, 7) is 8.27. The SMILES string of the molecule is CCCNCc1cnc(-c2ncc(C)cc2C)s1. The van der Waals surface area contributed by atoms with Gasteiger partial charge in [-0.3, -0.25) is 4.98 Å². The first kappa shape index (κ1) is 13.2. The van der Waals surface area contributed by atoms with Crippen molar-refractivity contribution in [1.82, 2.24) is 15.3 Å². The number of hydrogen-bond donors (Lipinski definition) is 1. The summed E-state index contributed by atoms with van der Waals surface area (Å²) >= 11 is 1.72. The van der Waals surface area contributed by atoms with Crippen molar-refractivity contribution in [1.29, 1.82) is 0 Å². The molecule has 96 valence electrons. The van der Waals surface area contributed by atoms with E-state index >= 15 is 0 Å². The highest BCUT2D eigenvalue weighted by molar-refractivity contribution is 7.15. The van der Waals surface area contributed by atoms with Gasteiger partial charge in [-0.2, -0.15) is 0 Å². The molecule has 0 atom stereocenters. The van der Waals surface area contributed by atoms with Crippen molar-refractivity contribution < 1.29 is 0 Å². The van der Waals surface area contributed by atoms with Crippen LogP contribution in [-0.2, 0) is 6.54 Å². The number of nitrogens with one attached hydrogen (secondary N) is 1. The Kier molecular flexibility index (Phi) is 4.44. The van der Waals surface area contributed by atoms with Gasteiger partial charge in [0.05, 0.1) is 0 Å². The lowest BCUT2D eigenvalue weighted by molar-refractivity contribution is 0.681. The predicted octanol–water partition coefficient (Wildman–Crippen LogP) is 3.32. The van der Waals surface area contributed by atoms with Gasteiger partial charge in [0.1, 0.15) is 10.7 Å². The van der Waals surface area contributed by atoms with Crippen LogP contribution in [0.1, 0.15) is 29.3 Å². The average Bonchev–Trinajstić information content (AvgIpc) is 2.78. The largest absolute Gasteiger partial charge is 0.312 e. The van der Waals surface area contributed by atoms with Crippen LogP contribution in [0.5, 0.6) is 0 Å². The maximum Gasteiger partial charge on any atom is 0.142 e. The Labute approximate surface area is 112 Å². The molecule has 3 nitrogen and oxygen atoms in total. The standard InChI is InChI=1S/C14H19N3S/c1-4-5-15-8-12-9-17-14(18-12)13-11(3)6-10(2)7-16-13/h6-7,9,15H,4-5,8H2,1-3H3. The van der Waals surface area contributed by atoms with Crippen molar-refractivity contribution in [2.24, 2.45) is 0 Å². The Morgan fingerprint density at radius 2 is 2.06 bits per heavy atom. The molecule has 0 fully saturated rings. The van der Waals surface area contributed by atoms with Crippen LogP contribution in [0, 0.1) is 13.8 Å². The Bertz CT molecular complexity index is 520. The lowest BCUT2D eigenvalue weighted by Crippen LogP contribution is -2.12. The van der Waals surface area contributed by atoms with Gasteiger partial charge in [0.25, 0.3) is 0 Å². The Hall–Kier alpha value is -1.26. The monoisotopic (exact) mass is 261 g/mol. The Morgan fingerprint density at radius 1 is 1.22 bits per heavy atom. The van der Waals surface area contributed by atoms with Gasteiger partial charge in [0.15, 0.2) is 0 Å². The third-order valence-electron chi connectivity index (χ3n) is 2.70. The molecule has 0 saturated heterocycles. The molecule has 0 amide bonds. The van der Waals surface area contributed by atoms with Crippen molar-refractivity contribution in [3.05, 3.63) is 34.5 Å². The molecule has 0 unspecified atom stereocenters. The second-order valence-electron chi connectivity index (χ2n) is 4.49. The minimum absolute atomic E-state index is 0.899. The summed E-state index contributed by atoms with van der Waals surface area (Å²) in [7, 11) is 0. The summed E-state index contributed by atoms with van der Waals surface area (Å²) in [4.78, 5) is 10.2. The number of aromatic nitrogens is 2. The van der Waals surface area contributed by atoms with Crippen molar-refractivity contribution in [3.63, 3.8) is 0 Å². The second kappa shape index (κ2) is 6.07. The van der Waals surface area contributed by atoms with Crippen LogP contribution in [0.2, 0.25) is 0 Å². The van der Waals surface area contributed by atoms with Gasteiger partial charge in [-0.05, 0) is 37.9 Å². The smallest absolute Gasteiger partial charge is 0.142 e. The first-order chi connectivity index (χ1) is 8.70. The van der Waals surface area contributed by atoms with Crippen LogP contribution in [0.3, 0.4) is 0 Å². The van der Waals surface area contributed by atoms with Gasteiger partial charge in [0.2, 0.25) is 0 Å². The first-order valence-corrected chi connectivity index (χ1v) is 7.11. The molecule has 2 aromatic rings. The minimum atomic E-state index is 0.899. The maximum atomic E-state index is 4.49. The number of hydrogen-bond acceptors (Lipinski definition) is 4. The van der Waals surface area contributed by atoms with E-state index in [0.29, 0.717) is 0 Å². The number of thiazole rings is 1. The van der Waals surface area contributed by atoms with Crippen LogP contribution >= 0.6 is 11.3 Å². The van der Waals surface area contributed by atoms with Crippen LogP contribution in [0.4, 0.5) is 0 Å². The third-order valence-corrected chi connectivity index (χ3v) is 3.70. The molecule has 0 saturated carbocycles. The normalized spacial score (nSPS) is 10.8. The molecule has 2 rings (SSSR count). The molecule has 2 heterocycles. The quantitative estimate of drug-likeness (QED) is 0.839. The summed E-state index contributed by atoms with van der Waals surface area (Å²) in [6.07, 6.45) is 5.01. The molecule has 18 heavy (non-hydrogen) atoms. The molecule has 1 N–H and O–H groups in total. The number of aryl methyl sites for hydroxylation is 2. The molecule has 0 radical (unpaired) electrons. The summed E-state index contributed by atoms with van der Waals surface area (Å²) < 4.78 is 0. The highest BCUT2D eigenvalue weighted by Crippen LogP contribution is 2.26. The summed E-state index contributed by atoms with van der Waals surface area (Å²) in [5, 5.41) is 4.40. The molecule has 0 bridgehead atoms. The zero-order valence-corrected chi connectivity index (χ0v) is 12.0. The van der Waals surface area contributed by atoms with E-state index in [-0.39, 0.29) is 0 Å². The van der Waals surface area contributed by atoms with E-state index in [0.717, 1.165) is 30.2 Å². The molecule has 4 heteroatoms. The summed E-state index contributed by atoms with van der Waals surface area (Å²) in [5.74, 6) is 0. The third kappa shape index (κ3) is 3.15. The maximum absolute atomic E-state index is 4.49. The van der Waals surface area contributed by atoms with Crippen LogP contribution in [-0.4, -0.2) is 16.5 Å². The van der Waals surface area contributed by atoms with Gasteiger partial charge in [0, 0.05) is 23.8 Å². The van der Waals surface area contributed by atoms with Gasteiger partial charge in [-0.25, -0.2) is 4.98 Å². The zero-order chi connectivity index (χ0) is 13.0. The van der Waals surface area contributed by atoms with E-state index in [2.05, 4.69) is 42.1 Å². The fourth-order valence-electron chi connectivity index (χ4n) is 1.83. The highest BCUT2D eigenvalue weighted by Gasteiger charge is 2.08. The Morgan fingerprint density at radius 3 is 2.78 bits per heavy atom. The summed E-state index contributed by atoms with van der Waals surface area (Å²) in [6, 6.07) is 2.15. The molecule has 0 spiro atoms. The number of nitrogens with zero attached hydrogens (tertiary/aromatic N) is 2. The summed E-state index contributed by atoms with van der Waals surface area (Å²) in [5.41, 5.74) is 3.39. The average molecular weight is 261 g/mol. The molecular weight excluding hydrogens is 242 g/mol. The molecule has 0 aromatic carbocycles. The number of rotatable bonds is 5. The molecule has 0 aliphatic carbocycles. The van der Waals surface area contributed by atoms with E-state index < -0.39 is 0 Å². The van der Waals surface area contributed by atoms with Gasteiger partial charge in [-0.15, -0.1) is 11.3 Å². The fraction of sp³-hybridized carbons (Fsp3) is 0.429. The number of pyridine rings is 1. The van der Waals surface area contributed by atoms with Crippen LogP contribution in [0.15, 0.2) is 18.5 Å². The Balaban J connectivity index is 2.13. The molecular formula is C14H19N3S. The topological polar surface area (TPSA) is 37.8 Å². The minimum Gasteiger partial charge on any atom is -0.312 e. The van der Waals surface area contributed by atoms with Gasteiger partial charge < -0.3 is 5.32 Å². The molecule has 2 aromatic heterocycles. The van der Waals surface area contributed by atoms with E-state index in [1.807, 2.05) is 12.4 Å². The fourth-order valence-corrected chi connectivity index (χ4v) is 2.77. The van der Waals surface area contributed by atoms with E-state index in [1.165, 1.54) is 16.0 Å². The second-order valence-corrected chi connectivity index (χ2v) is 5.60. The lowest BCUT2D eigenvalue weighted by Gasteiger charge is -2.02. The van der Waals surface area contributed by atoms with Gasteiger partial charge in [-0.1, -0.05) is 13.0 Å². The van der Waals surface area contributed by atoms with Crippen LogP contribution < -0.4 is 5.32 Å². The van der Waals surface area contributed by atoms with Crippen molar-refractivity contribution in [2.45, 2.75) is 33.7 Å². The van der Waals surface area contributed by atoms with E-state index in [1.54, 1.807) is 11.3 Å². The van der Waals surface area contributed by atoms with Crippen molar-refractivity contribution in [3.8, 4) is 10.7 Å².